The molecule has 0 radical (unpaired) electrons. The maximum absolute atomic E-state index is 13.0. The third-order valence-corrected chi connectivity index (χ3v) is 6.46. The molecule has 4 nitrogen and oxygen atoms in total. The summed E-state index contributed by atoms with van der Waals surface area (Å²) in [6.45, 7) is 7.99. The first-order valence-corrected chi connectivity index (χ1v) is 8.78. The first-order chi connectivity index (χ1) is 11.8. The van der Waals surface area contributed by atoms with Crippen molar-refractivity contribution in [1.29, 1.82) is 0 Å². The number of carbonyl (C=O) groups excluding carboxylic acids is 2. The molecule has 0 aliphatic heterocycles. The van der Waals surface area contributed by atoms with Gasteiger partial charge in [-0.2, -0.15) is 0 Å². The Hall–Kier alpha value is -2.10. The van der Waals surface area contributed by atoms with E-state index < -0.39 is 5.41 Å². The maximum Gasteiger partial charge on any atom is 0.311 e. The van der Waals surface area contributed by atoms with Crippen LogP contribution in [0.5, 0.6) is 5.75 Å². The quantitative estimate of drug-likeness (QED) is 0.774. The van der Waals surface area contributed by atoms with Crippen LogP contribution in [0.15, 0.2) is 18.7 Å². The standard InChI is InChI=1S/C21H26O4/c1-6-13-10-14(24-4)11-15-18(13)16(22)12-17-20(15,2)8-7-9-21(17,3)19(23)25-5/h6,10-11,17H,1,7-9,12H2,2-5H3/t17-,20-,21+/m1/s1. The molecule has 2 aliphatic rings. The van der Waals surface area contributed by atoms with Crippen molar-refractivity contribution in [2.45, 2.75) is 44.9 Å². The topological polar surface area (TPSA) is 52.6 Å². The Kier molecular flexibility index (Phi) is 4.26. The number of benzene rings is 1. The molecule has 2 aliphatic carbocycles. The SMILES string of the molecule is C=Cc1cc(OC)cc2c1C(=O)C[C@H]1[C@@](C)(C(=O)OC)CCC[C@]21C. The molecule has 0 spiro atoms. The highest BCUT2D eigenvalue weighted by molar-refractivity contribution is 6.03. The molecule has 4 heteroatoms. The number of hydrogen-bond donors (Lipinski definition) is 0. The smallest absolute Gasteiger partial charge is 0.311 e. The minimum Gasteiger partial charge on any atom is -0.497 e. The van der Waals surface area contributed by atoms with Gasteiger partial charge in [0, 0.05) is 12.0 Å². The Morgan fingerprint density at radius 2 is 2.00 bits per heavy atom. The fourth-order valence-corrected chi connectivity index (χ4v) is 5.09. The van der Waals surface area contributed by atoms with Gasteiger partial charge < -0.3 is 9.47 Å². The van der Waals surface area contributed by atoms with Gasteiger partial charge in [-0.25, -0.2) is 0 Å². The molecule has 1 aromatic rings. The van der Waals surface area contributed by atoms with Crippen molar-refractivity contribution in [3.8, 4) is 5.75 Å². The summed E-state index contributed by atoms with van der Waals surface area (Å²) in [5, 5.41) is 0. The summed E-state index contributed by atoms with van der Waals surface area (Å²) >= 11 is 0. The Bertz CT molecular complexity index is 751. The summed E-state index contributed by atoms with van der Waals surface area (Å²) in [6, 6.07) is 3.82. The highest BCUT2D eigenvalue weighted by Crippen LogP contribution is 2.58. The van der Waals surface area contributed by atoms with Gasteiger partial charge in [0.05, 0.1) is 19.6 Å². The van der Waals surface area contributed by atoms with Crippen LogP contribution in [0.3, 0.4) is 0 Å². The molecule has 3 atom stereocenters. The van der Waals surface area contributed by atoms with Crippen LogP contribution in [0.2, 0.25) is 0 Å². The molecule has 0 heterocycles. The van der Waals surface area contributed by atoms with Crippen LogP contribution >= 0.6 is 0 Å². The first kappa shape index (κ1) is 17.7. The van der Waals surface area contributed by atoms with Crippen LogP contribution < -0.4 is 4.74 Å². The van der Waals surface area contributed by atoms with E-state index in [4.69, 9.17) is 9.47 Å². The van der Waals surface area contributed by atoms with Gasteiger partial charge >= 0.3 is 5.97 Å². The number of methoxy groups -OCH3 is 2. The van der Waals surface area contributed by atoms with Crippen molar-refractivity contribution in [2.24, 2.45) is 11.3 Å². The number of ketones is 1. The highest BCUT2D eigenvalue weighted by atomic mass is 16.5. The maximum atomic E-state index is 13.0. The van der Waals surface area contributed by atoms with Crippen LogP contribution in [-0.2, 0) is 14.9 Å². The zero-order chi connectivity index (χ0) is 18.4. The molecular formula is C21H26O4. The van der Waals surface area contributed by atoms with Crippen molar-refractivity contribution in [3.63, 3.8) is 0 Å². The van der Waals surface area contributed by atoms with Gasteiger partial charge in [0.1, 0.15) is 5.75 Å². The number of fused-ring (bicyclic) bond motifs is 3. The second kappa shape index (κ2) is 6.01. The number of esters is 1. The monoisotopic (exact) mass is 342 g/mol. The Morgan fingerprint density at radius 1 is 1.28 bits per heavy atom. The predicted octanol–water partition coefficient (Wildman–Crippen LogP) is 4.16. The Labute approximate surface area is 149 Å². The lowest BCUT2D eigenvalue weighted by molar-refractivity contribution is -0.160. The predicted molar refractivity (Wildman–Crippen MR) is 96.8 cm³/mol. The molecule has 3 rings (SSSR count). The van der Waals surface area contributed by atoms with E-state index in [1.165, 1.54) is 7.11 Å². The second-order valence-electron chi connectivity index (χ2n) is 7.70. The molecule has 0 N–H and O–H groups in total. The van der Waals surface area contributed by atoms with Gasteiger partial charge in [-0.05, 0) is 54.4 Å². The summed E-state index contributed by atoms with van der Waals surface area (Å²) in [4.78, 5) is 25.6. The number of rotatable bonds is 3. The molecule has 0 saturated heterocycles. The van der Waals surface area contributed by atoms with E-state index in [-0.39, 0.29) is 23.1 Å². The number of hydrogen-bond acceptors (Lipinski definition) is 4. The number of ether oxygens (including phenoxy) is 2. The zero-order valence-electron chi connectivity index (χ0n) is 15.5. The van der Waals surface area contributed by atoms with Gasteiger partial charge in [-0.3, -0.25) is 9.59 Å². The third-order valence-electron chi connectivity index (χ3n) is 6.46. The Balaban J connectivity index is 2.24. The van der Waals surface area contributed by atoms with E-state index in [0.29, 0.717) is 12.2 Å². The lowest BCUT2D eigenvalue weighted by Gasteiger charge is -2.53. The van der Waals surface area contributed by atoms with Crippen LogP contribution in [0.1, 0.15) is 61.0 Å². The third kappa shape index (κ3) is 2.42. The highest BCUT2D eigenvalue weighted by Gasteiger charge is 2.57. The average Bonchev–Trinajstić information content (AvgIpc) is 2.62. The molecule has 1 fully saturated rings. The van der Waals surface area contributed by atoms with E-state index in [2.05, 4.69) is 13.5 Å². The minimum atomic E-state index is -0.646. The van der Waals surface area contributed by atoms with Gasteiger partial charge in [0.25, 0.3) is 0 Å². The van der Waals surface area contributed by atoms with E-state index >= 15 is 0 Å². The van der Waals surface area contributed by atoms with Gasteiger partial charge in [0.15, 0.2) is 5.78 Å². The summed E-state index contributed by atoms with van der Waals surface area (Å²) in [5.74, 6) is 0.498. The summed E-state index contributed by atoms with van der Waals surface area (Å²) in [6.07, 6.45) is 4.69. The molecule has 134 valence electrons. The van der Waals surface area contributed by atoms with E-state index in [1.807, 2.05) is 19.1 Å². The molecule has 0 unspecified atom stereocenters. The average molecular weight is 342 g/mol. The van der Waals surface area contributed by atoms with E-state index in [9.17, 15) is 9.59 Å². The van der Waals surface area contributed by atoms with Crippen molar-refractivity contribution < 1.29 is 19.1 Å². The van der Waals surface area contributed by atoms with Crippen LogP contribution in [0.25, 0.3) is 6.08 Å². The molecular weight excluding hydrogens is 316 g/mol. The van der Waals surface area contributed by atoms with Crippen molar-refractivity contribution >= 4 is 17.8 Å². The van der Waals surface area contributed by atoms with Gasteiger partial charge in [0.2, 0.25) is 0 Å². The molecule has 25 heavy (non-hydrogen) atoms. The lowest BCUT2D eigenvalue weighted by Crippen LogP contribution is -2.53. The number of Topliss-reactive ketones (excluding diaryl/α,β-unsaturated/α-hetero) is 1. The molecule has 1 aromatic carbocycles. The summed E-state index contributed by atoms with van der Waals surface area (Å²) < 4.78 is 10.6. The van der Waals surface area contributed by atoms with Gasteiger partial charge in [-0.15, -0.1) is 0 Å². The Morgan fingerprint density at radius 3 is 2.60 bits per heavy atom. The summed E-state index contributed by atoms with van der Waals surface area (Å²) in [7, 11) is 3.05. The normalized spacial score (nSPS) is 30.9. The minimum absolute atomic E-state index is 0.0760. The summed E-state index contributed by atoms with van der Waals surface area (Å²) in [5.41, 5.74) is 1.62. The van der Waals surface area contributed by atoms with Crippen LogP contribution in [-0.4, -0.2) is 26.0 Å². The van der Waals surface area contributed by atoms with E-state index in [0.717, 1.165) is 36.0 Å². The van der Waals surface area contributed by atoms with Crippen LogP contribution in [0, 0.1) is 11.3 Å². The molecule has 0 amide bonds. The fourth-order valence-electron chi connectivity index (χ4n) is 5.09. The molecule has 0 aromatic heterocycles. The van der Waals surface area contributed by atoms with Crippen LogP contribution in [0.4, 0.5) is 0 Å². The van der Waals surface area contributed by atoms with Gasteiger partial charge in [-0.1, -0.05) is 26.0 Å². The van der Waals surface area contributed by atoms with Crippen molar-refractivity contribution in [2.75, 3.05) is 14.2 Å². The zero-order valence-corrected chi connectivity index (χ0v) is 15.5. The lowest BCUT2D eigenvalue weighted by atomic mass is 9.49. The van der Waals surface area contributed by atoms with Crippen molar-refractivity contribution in [3.05, 3.63) is 35.4 Å². The van der Waals surface area contributed by atoms with E-state index in [1.54, 1.807) is 13.2 Å². The molecule has 1 saturated carbocycles. The second-order valence-corrected chi connectivity index (χ2v) is 7.70. The first-order valence-electron chi connectivity index (χ1n) is 8.78. The molecule has 0 bridgehead atoms. The number of carbonyl (C=O) groups is 2. The fraction of sp³-hybridized carbons (Fsp3) is 0.524. The largest absolute Gasteiger partial charge is 0.497 e. The van der Waals surface area contributed by atoms with Crippen molar-refractivity contribution in [1.82, 2.24) is 0 Å².